The van der Waals surface area contributed by atoms with Crippen molar-refractivity contribution < 1.29 is 0 Å². The third-order valence-corrected chi connectivity index (χ3v) is 1.06. The van der Waals surface area contributed by atoms with Crippen LogP contribution in [0.25, 0.3) is 0 Å². The van der Waals surface area contributed by atoms with Gasteiger partial charge in [0.1, 0.15) is 0 Å². The minimum Gasteiger partial charge on any atom is -0.381 e. The zero-order valence-electron chi connectivity index (χ0n) is 7.81. The van der Waals surface area contributed by atoms with Crippen LogP contribution in [0.1, 0.15) is 20.8 Å². The molecule has 0 aliphatic rings. The van der Waals surface area contributed by atoms with Crippen molar-refractivity contribution in [3.63, 3.8) is 0 Å². The number of hydrogen-bond acceptors (Lipinski definition) is 1. The van der Waals surface area contributed by atoms with Gasteiger partial charge in [0.2, 0.25) is 0 Å². The molecule has 10 heavy (non-hydrogen) atoms. The van der Waals surface area contributed by atoms with Crippen LogP contribution in [-0.4, -0.2) is 19.0 Å². The summed E-state index contributed by atoms with van der Waals surface area (Å²) in [6.07, 6.45) is 3.76. The lowest BCUT2D eigenvalue weighted by atomic mass is 10.4. The highest BCUT2D eigenvalue weighted by Crippen LogP contribution is 1.93. The first-order valence-corrected chi connectivity index (χ1v) is 3.65. The van der Waals surface area contributed by atoms with Gasteiger partial charge in [0, 0.05) is 19.8 Å². The maximum absolute atomic E-state index is 3.58. The van der Waals surface area contributed by atoms with Gasteiger partial charge in [0.05, 0.1) is 0 Å². The highest BCUT2D eigenvalue weighted by atomic mass is 15.1. The molecule has 0 spiro atoms. The molecule has 0 aliphatic heterocycles. The normalized spacial score (nSPS) is 9.50. The van der Waals surface area contributed by atoms with Gasteiger partial charge in [-0.2, -0.15) is 0 Å². The molecule has 0 rings (SSSR count). The third-order valence-electron chi connectivity index (χ3n) is 1.06. The third kappa shape index (κ3) is 7.28. The Morgan fingerprint density at radius 1 is 1.30 bits per heavy atom. The molecule has 0 bridgehead atoms. The van der Waals surface area contributed by atoms with E-state index in [4.69, 9.17) is 0 Å². The molecule has 0 aromatic heterocycles. The van der Waals surface area contributed by atoms with Crippen molar-refractivity contribution in [3.8, 4) is 0 Å². The predicted molar refractivity (Wildman–Crippen MR) is 49.0 cm³/mol. The van der Waals surface area contributed by atoms with Crippen molar-refractivity contribution in [1.29, 1.82) is 0 Å². The van der Waals surface area contributed by atoms with E-state index in [1.165, 1.54) is 5.70 Å². The molecule has 0 unspecified atom stereocenters. The van der Waals surface area contributed by atoms with Gasteiger partial charge in [-0.1, -0.05) is 26.5 Å². The maximum atomic E-state index is 3.58. The Kier molecular flexibility index (Phi) is 9.94. The average Bonchev–Trinajstić information content (AvgIpc) is 1.93. The van der Waals surface area contributed by atoms with Crippen LogP contribution in [-0.2, 0) is 0 Å². The Balaban J connectivity index is 0. The monoisotopic (exact) mass is 141 g/mol. The van der Waals surface area contributed by atoms with Crippen molar-refractivity contribution in [2.45, 2.75) is 20.8 Å². The minimum absolute atomic E-state index is 1.22. The fourth-order valence-corrected chi connectivity index (χ4v) is 0.320. The van der Waals surface area contributed by atoms with E-state index in [0.717, 1.165) is 0 Å². The Labute approximate surface area is 65.0 Å². The highest BCUT2D eigenvalue weighted by Gasteiger charge is 1.84. The first kappa shape index (κ1) is 12.0. The fourth-order valence-electron chi connectivity index (χ4n) is 0.320. The summed E-state index contributed by atoms with van der Waals surface area (Å²) in [5.74, 6) is 0. The average molecular weight is 141 g/mol. The Hall–Kier alpha value is -0.720. The van der Waals surface area contributed by atoms with Gasteiger partial charge in [-0.3, -0.25) is 0 Å². The lowest BCUT2D eigenvalue weighted by Gasteiger charge is -2.10. The van der Waals surface area contributed by atoms with Crippen LogP contribution in [0.5, 0.6) is 0 Å². The zero-order chi connectivity index (χ0) is 8.57. The Morgan fingerprint density at radius 3 is 1.80 bits per heavy atom. The maximum Gasteiger partial charge on any atom is 0.00956 e. The predicted octanol–water partition coefficient (Wildman–Crippen LogP) is 2.66. The van der Waals surface area contributed by atoms with Gasteiger partial charge < -0.3 is 4.90 Å². The van der Waals surface area contributed by atoms with Gasteiger partial charge >= 0.3 is 0 Å². The summed E-state index contributed by atoms with van der Waals surface area (Å²) in [5, 5.41) is 0. The summed E-state index contributed by atoms with van der Waals surface area (Å²) < 4.78 is 0. The molecule has 1 nitrogen and oxygen atoms in total. The number of nitrogens with zero attached hydrogens (tertiary/aromatic N) is 1. The van der Waals surface area contributed by atoms with Crippen LogP contribution in [0, 0.1) is 0 Å². The van der Waals surface area contributed by atoms with Crippen LogP contribution < -0.4 is 0 Å². The second-order valence-corrected chi connectivity index (χ2v) is 1.94. The highest BCUT2D eigenvalue weighted by molar-refractivity contribution is 5.05. The molecule has 0 heterocycles. The number of rotatable bonds is 2. The van der Waals surface area contributed by atoms with E-state index in [0.29, 0.717) is 0 Å². The molecule has 0 aliphatic carbocycles. The van der Waals surface area contributed by atoms with Crippen molar-refractivity contribution >= 4 is 0 Å². The van der Waals surface area contributed by atoms with Gasteiger partial charge in [0.25, 0.3) is 0 Å². The summed E-state index contributed by atoms with van der Waals surface area (Å²) in [7, 11) is 4.02. The Morgan fingerprint density at radius 2 is 1.70 bits per heavy atom. The smallest absolute Gasteiger partial charge is 0.00956 e. The standard InChI is InChI=1S/C7H13N.C2H6/c1-5-6-7(2)8(3)4;1-2/h5-6H,1H2,2-4H3;1-2H3/b7-6+;. The largest absolute Gasteiger partial charge is 0.381 e. The summed E-state index contributed by atoms with van der Waals surface area (Å²) in [6.45, 7) is 9.62. The Bertz CT molecular complexity index is 101. The van der Waals surface area contributed by atoms with Crippen molar-refractivity contribution in [2.24, 2.45) is 0 Å². The van der Waals surface area contributed by atoms with Crippen LogP contribution in [0.15, 0.2) is 24.4 Å². The molecule has 0 saturated carbocycles. The van der Waals surface area contributed by atoms with Gasteiger partial charge in [-0.15, -0.1) is 0 Å². The van der Waals surface area contributed by atoms with Crippen molar-refractivity contribution in [1.82, 2.24) is 4.90 Å². The fraction of sp³-hybridized carbons (Fsp3) is 0.556. The summed E-state index contributed by atoms with van der Waals surface area (Å²) in [5.41, 5.74) is 1.22. The molecule has 0 aromatic carbocycles. The van der Waals surface area contributed by atoms with Crippen LogP contribution >= 0.6 is 0 Å². The summed E-state index contributed by atoms with van der Waals surface area (Å²) in [4.78, 5) is 2.04. The molecule has 0 radical (unpaired) electrons. The summed E-state index contributed by atoms with van der Waals surface area (Å²) >= 11 is 0. The number of allylic oxidation sites excluding steroid dienone is 3. The molecule has 0 aromatic rings. The lowest BCUT2D eigenvalue weighted by molar-refractivity contribution is 0.514. The van der Waals surface area contributed by atoms with Crippen molar-refractivity contribution in [2.75, 3.05) is 14.1 Å². The molecule has 0 saturated heterocycles. The summed E-state index contributed by atoms with van der Waals surface area (Å²) in [6, 6.07) is 0. The quantitative estimate of drug-likeness (QED) is 0.534. The molecule has 0 amide bonds. The molecular weight excluding hydrogens is 122 g/mol. The van der Waals surface area contributed by atoms with E-state index in [9.17, 15) is 0 Å². The van der Waals surface area contributed by atoms with Gasteiger partial charge in [-0.05, 0) is 13.0 Å². The molecular formula is C9H19N. The zero-order valence-corrected chi connectivity index (χ0v) is 7.81. The van der Waals surface area contributed by atoms with Crippen LogP contribution in [0.3, 0.4) is 0 Å². The topological polar surface area (TPSA) is 3.24 Å². The van der Waals surface area contributed by atoms with E-state index < -0.39 is 0 Å². The minimum atomic E-state index is 1.22. The molecule has 60 valence electrons. The first-order chi connectivity index (χ1) is 4.68. The first-order valence-electron chi connectivity index (χ1n) is 3.65. The molecule has 0 atom stereocenters. The second-order valence-electron chi connectivity index (χ2n) is 1.94. The van der Waals surface area contributed by atoms with Crippen LogP contribution in [0.2, 0.25) is 0 Å². The molecule has 0 fully saturated rings. The molecule has 1 heteroatoms. The van der Waals surface area contributed by atoms with E-state index in [1.54, 1.807) is 6.08 Å². The van der Waals surface area contributed by atoms with E-state index in [1.807, 2.05) is 45.8 Å². The second kappa shape index (κ2) is 8.28. The van der Waals surface area contributed by atoms with Gasteiger partial charge in [0.15, 0.2) is 0 Å². The lowest BCUT2D eigenvalue weighted by Crippen LogP contribution is -2.07. The van der Waals surface area contributed by atoms with E-state index in [-0.39, 0.29) is 0 Å². The number of hydrogen-bond donors (Lipinski definition) is 0. The van der Waals surface area contributed by atoms with E-state index in [2.05, 4.69) is 6.58 Å². The van der Waals surface area contributed by atoms with Crippen LogP contribution in [0.4, 0.5) is 0 Å². The SMILES string of the molecule is C=C/C=C(\C)N(C)C.CC. The van der Waals surface area contributed by atoms with E-state index >= 15 is 0 Å². The van der Waals surface area contributed by atoms with Crippen molar-refractivity contribution in [3.05, 3.63) is 24.4 Å². The molecule has 0 N–H and O–H groups in total. The van der Waals surface area contributed by atoms with Gasteiger partial charge in [-0.25, -0.2) is 0 Å².